The molecule has 1 saturated heterocycles. The first-order valence-electron chi connectivity index (χ1n) is 7.78. The lowest BCUT2D eigenvalue weighted by Gasteiger charge is -2.31. The average molecular weight is 306 g/mol. The van der Waals surface area contributed by atoms with Gasteiger partial charge in [0.2, 0.25) is 0 Å². The Morgan fingerprint density at radius 3 is 2.64 bits per heavy atom. The molecule has 1 fully saturated rings. The highest BCUT2D eigenvalue weighted by Crippen LogP contribution is 2.15. The predicted octanol–water partition coefficient (Wildman–Crippen LogP) is 2.15. The molecular formula is C17H26N2O3. The Morgan fingerprint density at radius 1 is 1.41 bits per heavy atom. The van der Waals surface area contributed by atoms with Gasteiger partial charge < -0.3 is 20.1 Å². The van der Waals surface area contributed by atoms with Crippen LogP contribution in [0.15, 0.2) is 30.3 Å². The van der Waals surface area contributed by atoms with Gasteiger partial charge in [0.05, 0.1) is 24.3 Å². The van der Waals surface area contributed by atoms with Crippen LogP contribution in [0.3, 0.4) is 0 Å². The van der Waals surface area contributed by atoms with Crippen molar-refractivity contribution in [2.45, 2.75) is 51.5 Å². The third-order valence-corrected chi connectivity index (χ3v) is 3.77. The lowest BCUT2D eigenvalue weighted by Crippen LogP contribution is -2.50. The number of amides is 2. The Labute approximate surface area is 132 Å². The standard InChI is InChI=1S/C17H26N2O3/c1-13-15(9-10-22-13)18-16(20)19(12-17(2,3)21)11-14-7-5-4-6-8-14/h4-8,13,15,21H,9-12H2,1-3H3,(H,18,20)/t13-,15-/m1/s1. The van der Waals surface area contributed by atoms with E-state index in [2.05, 4.69) is 5.32 Å². The summed E-state index contributed by atoms with van der Waals surface area (Å²) in [4.78, 5) is 14.2. The smallest absolute Gasteiger partial charge is 0.318 e. The Bertz CT molecular complexity index is 484. The van der Waals surface area contributed by atoms with Crippen molar-refractivity contribution in [3.63, 3.8) is 0 Å². The molecule has 0 saturated carbocycles. The lowest BCUT2D eigenvalue weighted by molar-refractivity contribution is 0.0434. The molecule has 2 rings (SSSR count). The van der Waals surface area contributed by atoms with Crippen LogP contribution in [-0.2, 0) is 11.3 Å². The number of urea groups is 1. The Kier molecular flexibility index (Phi) is 5.42. The molecule has 5 heteroatoms. The number of nitrogens with zero attached hydrogens (tertiary/aromatic N) is 1. The second-order valence-corrected chi connectivity index (χ2v) is 6.57. The average Bonchev–Trinajstić information content (AvgIpc) is 2.83. The zero-order chi connectivity index (χ0) is 16.2. The SMILES string of the molecule is C[C@H]1OCC[C@H]1NC(=O)N(Cc1ccccc1)CC(C)(C)O. The molecule has 0 bridgehead atoms. The van der Waals surface area contributed by atoms with Crippen molar-refractivity contribution in [2.75, 3.05) is 13.2 Å². The molecule has 0 radical (unpaired) electrons. The highest BCUT2D eigenvalue weighted by Gasteiger charge is 2.29. The van der Waals surface area contributed by atoms with E-state index in [0.717, 1.165) is 12.0 Å². The van der Waals surface area contributed by atoms with Crippen molar-refractivity contribution in [3.05, 3.63) is 35.9 Å². The van der Waals surface area contributed by atoms with E-state index < -0.39 is 5.60 Å². The fourth-order valence-electron chi connectivity index (χ4n) is 2.64. The minimum absolute atomic E-state index is 0.0321. The lowest BCUT2D eigenvalue weighted by atomic mass is 10.1. The maximum absolute atomic E-state index is 12.6. The van der Waals surface area contributed by atoms with Crippen LogP contribution in [0, 0.1) is 0 Å². The minimum atomic E-state index is -0.941. The van der Waals surface area contributed by atoms with E-state index in [1.807, 2.05) is 37.3 Å². The molecule has 0 unspecified atom stereocenters. The molecular weight excluding hydrogens is 280 g/mol. The van der Waals surface area contributed by atoms with Crippen LogP contribution in [0.1, 0.15) is 32.8 Å². The summed E-state index contributed by atoms with van der Waals surface area (Å²) in [6, 6.07) is 9.67. The number of carbonyl (C=O) groups is 1. The molecule has 5 nitrogen and oxygen atoms in total. The van der Waals surface area contributed by atoms with Gasteiger partial charge in [-0.2, -0.15) is 0 Å². The van der Waals surface area contributed by atoms with E-state index in [9.17, 15) is 9.90 Å². The molecule has 0 spiro atoms. The van der Waals surface area contributed by atoms with Crippen LogP contribution < -0.4 is 5.32 Å². The zero-order valence-electron chi connectivity index (χ0n) is 13.6. The van der Waals surface area contributed by atoms with Gasteiger partial charge in [-0.1, -0.05) is 30.3 Å². The highest BCUT2D eigenvalue weighted by molar-refractivity contribution is 5.74. The molecule has 2 atom stereocenters. The molecule has 122 valence electrons. The van der Waals surface area contributed by atoms with Crippen molar-refractivity contribution >= 4 is 6.03 Å². The number of hydrogen-bond acceptors (Lipinski definition) is 3. The van der Waals surface area contributed by atoms with E-state index in [-0.39, 0.29) is 24.7 Å². The van der Waals surface area contributed by atoms with Gasteiger partial charge in [0.1, 0.15) is 0 Å². The summed E-state index contributed by atoms with van der Waals surface area (Å²) in [6.07, 6.45) is 0.860. The molecule has 1 aromatic rings. The number of carbonyl (C=O) groups excluding carboxylic acids is 1. The Balaban J connectivity index is 2.04. The van der Waals surface area contributed by atoms with Crippen LogP contribution in [0.5, 0.6) is 0 Å². The second kappa shape index (κ2) is 7.11. The first-order valence-corrected chi connectivity index (χ1v) is 7.78. The highest BCUT2D eigenvalue weighted by atomic mass is 16.5. The topological polar surface area (TPSA) is 61.8 Å². The van der Waals surface area contributed by atoms with E-state index >= 15 is 0 Å². The quantitative estimate of drug-likeness (QED) is 0.876. The summed E-state index contributed by atoms with van der Waals surface area (Å²) in [5.41, 5.74) is 0.0989. The number of rotatable bonds is 5. The molecule has 0 aromatic heterocycles. The fraction of sp³-hybridized carbons (Fsp3) is 0.588. The minimum Gasteiger partial charge on any atom is -0.389 e. The van der Waals surface area contributed by atoms with Crippen molar-refractivity contribution in [1.29, 1.82) is 0 Å². The van der Waals surface area contributed by atoms with E-state index in [1.165, 1.54) is 0 Å². The Morgan fingerprint density at radius 2 is 2.09 bits per heavy atom. The molecule has 22 heavy (non-hydrogen) atoms. The predicted molar refractivity (Wildman–Crippen MR) is 85.5 cm³/mol. The second-order valence-electron chi connectivity index (χ2n) is 6.57. The number of hydrogen-bond donors (Lipinski definition) is 2. The Hall–Kier alpha value is -1.59. The van der Waals surface area contributed by atoms with Crippen LogP contribution in [0.4, 0.5) is 4.79 Å². The maximum Gasteiger partial charge on any atom is 0.318 e. The zero-order valence-corrected chi connectivity index (χ0v) is 13.6. The number of aliphatic hydroxyl groups is 1. The third-order valence-electron chi connectivity index (χ3n) is 3.77. The summed E-state index contributed by atoms with van der Waals surface area (Å²) >= 11 is 0. The molecule has 2 amide bonds. The first kappa shape index (κ1) is 16.8. The van der Waals surface area contributed by atoms with Gasteiger partial charge in [-0.05, 0) is 32.8 Å². The van der Waals surface area contributed by atoms with Crippen LogP contribution in [0.25, 0.3) is 0 Å². The van der Waals surface area contributed by atoms with E-state index in [1.54, 1.807) is 18.7 Å². The van der Waals surface area contributed by atoms with Crippen LogP contribution >= 0.6 is 0 Å². The van der Waals surface area contributed by atoms with Gasteiger partial charge in [-0.25, -0.2) is 4.79 Å². The molecule has 1 aromatic carbocycles. The summed E-state index contributed by atoms with van der Waals surface area (Å²) in [6.45, 7) is 6.80. The van der Waals surface area contributed by atoms with Gasteiger partial charge in [-0.3, -0.25) is 0 Å². The van der Waals surface area contributed by atoms with Crippen molar-refractivity contribution in [2.24, 2.45) is 0 Å². The number of benzene rings is 1. The molecule has 1 heterocycles. The summed E-state index contributed by atoms with van der Waals surface area (Å²) < 4.78 is 5.48. The first-order chi connectivity index (χ1) is 10.3. The molecule has 0 aliphatic carbocycles. The third kappa shape index (κ3) is 5.00. The van der Waals surface area contributed by atoms with Gasteiger partial charge in [-0.15, -0.1) is 0 Å². The van der Waals surface area contributed by atoms with Crippen LogP contribution in [0.2, 0.25) is 0 Å². The van der Waals surface area contributed by atoms with Crippen LogP contribution in [-0.4, -0.2) is 46.9 Å². The molecule has 1 aliphatic rings. The molecule has 1 aliphatic heterocycles. The van der Waals surface area contributed by atoms with Crippen molar-refractivity contribution < 1.29 is 14.6 Å². The normalized spacial score (nSPS) is 21.6. The van der Waals surface area contributed by atoms with Gasteiger partial charge >= 0.3 is 6.03 Å². The van der Waals surface area contributed by atoms with Gasteiger partial charge in [0, 0.05) is 13.2 Å². The van der Waals surface area contributed by atoms with Gasteiger partial charge in [0.15, 0.2) is 0 Å². The van der Waals surface area contributed by atoms with E-state index in [4.69, 9.17) is 4.74 Å². The van der Waals surface area contributed by atoms with Crippen molar-refractivity contribution in [1.82, 2.24) is 10.2 Å². The number of ether oxygens (including phenoxy) is 1. The summed E-state index contributed by atoms with van der Waals surface area (Å²) in [5, 5.41) is 13.1. The largest absolute Gasteiger partial charge is 0.389 e. The van der Waals surface area contributed by atoms with Gasteiger partial charge in [0.25, 0.3) is 0 Å². The summed E-state index contributed by atoms with van der Waals surface area (Å²) in [5.74, 6) is 0. The number of nitrogens with one attached hydrogen (secondary N) is 1. The monoisotopic (exact) mass is 306 g/mol. The maximum atomic E-state index is 12.6. The summed E-state index contributed by atoms with van der Waals surface area (Å²) in [7, 11) is 0. The molecule has 2 N–H and O–H groups in total. The van der Waals surface area contributed by atoms with Crippen molar-refractivity contribution in [3.8, 4) is 0 Å². The fourth-order valence-corrected chi connectivity index (χ4v) is 2.64. The van der Waals surface area contributed by atoms with E-state index in [0.29, 0.717) is 13.2 Å².